The number of nitrogens with zero attached hydrogens (tertiary/aromatic N) is 2. The van der Waals surface area contributed by atoms with E-state index < -0.39 is 6.10 Å². The van der Waals surface area contributed by atoms with Gasteiger partial charge in [0, 0.05) is 39.1 Å². The van der Waals surface area contributed by atoms with Gasteiger partial charge in [-0.2, -0.15) is 0 Å². The summed E-state index contributed by atoms with van der Waals surface area (Å²) < 4.78 is 0. The number of rotatable bonds is 4. The highest BCUT2D eigenvalue weighted by Gasteiger charge is 2.20. The van der Waals surface area contributed by atoms with Gasteiger partial charge in [0.25, 0.3) is 0 Å². The second-order valence-corrected chi connectivity index (χ2v) is 5.31. The zero-order valence-corrected chi connectivity index (χ0v) is 12.2. The first-order valence-electron chi connectivity index (χ1n) is 7.44. The van der Waals surface area contributed by atoms with Crippen molar-refractivity contribution in [3.05, 3.63) is 35.9 Å². The number of carbonyl (C=O) groups excluding carboxylic acids is 1. The number of aliphatic hydroxyl groups is 1. The van der Waals surface area contributed by atoms with Gasteiger partial charge >= 0.3 is 0 Å². The van der Waals surface area contributed by atoms with Gasteiger partial charge in [-0.1, -0.05) is 37.3 Å². The summed E-state index contributed by atoms with van der Waals surface area (Å²) in [7, 11) is 0. The first kappa shape index (κ1) is 15.0. The van der Waals surface area contributed by atoms with Gasteiger partial charge < -0.3 is 10.0 Å². The fraction of sp³-hybridized carbons (Fsp3) is 0.562. The van der Waals surface area contributed by atoms with Crippen LogP contribution < -0.4 is 0 Å². The van der Waals surface area contributed by atoms with Crippen molar-refractivity contribution in [2.75, 3.05) is 32.7 Å². The summed E-state index contributed by atoms with van der Waals surface area (Å²) >= 11 is 0. The number of hydrogen-bond donors (Lipinski definition) is 1. The van der Waals surface area contributed by atoms with Crippen LogP contribution in [0.1, 0.15) is 31.4 Å². The highest BCUT2D eigenvalue weighted by Crippen LogP contribution is 2.15. The average Bonchev–Trinajstić information content (AvgIpc) is 2.73. The molecule has 1 atom stereocenters. The standard InChI is InChI=1S/C16H24N2O2/c1-2-16(20)18-10-6-9-17(11-12-18)13-15(19)14-7-4-3-5-8-14/h3-5,7-8,15,19H,2,6,9-13H2,1H3. The normalized spacial score (nSPS) is 18.6. The molecular formula is C16H24N2O2. The van der Waals surface area contributed by atoms with E-state index in [1.165, 1.54) is 0 Å². The molecule has 2 rings (SSSR count). The summed E-state index contributed by atoms with van der Waals surface area (Å²) in [6.45, 7) is 5.94. The average molecular weight is 276 g/mol. The zero-order valence-electron chi connectivity index (χ0n) is 12.2. The summed E-state index contributed by atoms with van der Waals surface area (Å²) in [6.07, 6.45) is 1.10. The zero-order chi connectivity index (χ0) is 14.4. The van der Waals surface area contributed by atoms with E-state index in [9.17, 15) is 9.90 Å². The van der Waals surface area contributed by atoms with E-state index in [4.69, 9.17) is 0 Å². The molecule has 1 unspecified atom stereocenters. The predicted octanol–water partition coefficient (Wildman–Crippen LogP) is 1.66. The Balaban J connectivity index is 1.86. The maximum absolute atomic E-state index is 11.7. The third-order valence-electron chi connectivity index (χ3n) is 3.86. The molecule has 0 radical (unpaired) electrons. The molecule has 1 heterocycles. The number of carbonyl (C=O) groups is 1. The molecule has 1 aromatic carbocycles. The highest BCUT2D eigenvalue weighted by molar-refractivity contribution is 5.75. The van der Waals surface area contributed by atoms with Crippen LogP contribution in [0.25, 0.3) is 0 Å². The quantitative estimate of drug-likeness (QED) is 0.909. The van der Waals surface area contributed by atoms with Crippen molar-refractivity contribution in [1.82, 2.24) is 9.80 Å². The number of amides is 1. The molecule has 4 nitrogen and oxygen atoms in total. The van der Waals surface area contributed by atoms with Gasteiger partial charge in [-0.25, -0.2) is 0 Å². The Morgan fingerprint density at radius 3 is 2.65 bits per heavy atom. The van der Waals surface area contributed by atoms with Crippen LogP contribution in [0.2, 0.25) is 0 Å². The van der Waals surface area contributed by atoms with Gasteiger partial charge in [-0.15, -0.1) is 0 Å². The molecule has 1 aliphatic heterocycles. The van der Waals surface area contributed by atoms with Crippen LogP contribution in [0, 0.1) is 0 Å². The summed E-state index contributed by atoms with van der Waals surface area (Å²) in [4.78, 5) is 15.9. The third kappa shape index (κ3) is 4.05. The largest absolute Gasteiger partial charge is 0.387 e. The Labute approximate surface area is 121 Å². The van der Waals surface area contributed by atoms with Crippen LogP contribution >= 0.6 is 0 Å². The van der Waals surface area contributed by atoms with E-state index in [1.807, 2.05) is 42.2 Å². The van der Waals surface area contributed by atoms with Gasteiger partial charge in [0.15, 0.2) is 0 Å². The van der Waals surface area contributed by atoms with Crippen LogP contribution in [0.4, 0.5) is 0 Å². The Morgan fingerprint density at radius 2 is 1.95 bits per heavy atom. The monoisotopic (exact) mass is 276 g/mol. The molecule has 1 saturated heterocycles. The molecule has 1 N–H and O–H groups in total. The minimum atomic E-state index is -0.454. The molecule has 20 heavy (non-hydrogen) atoms. The lowest BCUT2D eigenvalue weighted by Gasteiger charge is -2.24. The van der Waals surface area contributed by atoms with Crippen LogP contribution in [-0.4, -0.2) is 53.5 Å². The lowest BCUT2D eigenvalue weighted by Crippen LogP contribution is -2.36. The van der Waals surface area contributed by atoms with Gasteiger partial charge in [-0.05, 0) is 12.0 Å². The lowest BCUT2D eigenvalue weighted by molar-refractivity contribution is -0.130. The van der Waals surface area contributed by atoms with E-state index in [2.05, 4.69) is 4.90 Å². The molecule has 0 spiro atoms. The van der Waals surface area contributed by atoms with Crippen molar-refractivity contribution >= 4 is 5.91 Å². The molecule has 1 fully saturated rings. The second kappa shape index (κ2) is 7.41. The van der Waals surface area contributed by atoms with E-state index in [0.717, 1.165) is 38.2 Å². The lowest BCUT2D eigenvalue weighted by atomic mass is 10.1. The predicted molar refractivity (Wildman–Crippen MR) is 79.3 cm³/mol. The Morgan fingerprint density at radius 1 is 1.20 bits per heavy atom. The molecule has 0 aromatic heterocycles. The fourth-order valence-corrected chi connectivity index (χ4v) is 2.65. The van der Waals surface area contributed by atoms with Crippen molar-refractivity contribution < 1.29 is 9.90 Å². The van der Waals surface area contributed by atoms with Crippen molar-refractivity contribution in [2.24, 2.45) is 0 Å². The van der Waals surface area contributed by atoms with E-state index >= 15 is 0 Å². The molecule has 110 valence electrons. The van der Waals surface area contributed by atoms with Crippen LogP contribution in [0.15, 0.2) is 30.3 Å². The number of aliphatic hydroxyl groups excluding tert-OH is 1. The molecular weight excluding hydrogens is 252 g/mol. The maximum atomic E-state index is 11.7. The molecule has 1 amide bonds. The smallest absolute Gasteiger partial charge is 0.222 e. The van der Waals surface area contributed by atoms with Gasteiger partial charge in [-0.3, -0.25) is 9.69 Å². The van der Waals surface area contributed by atoms with Gasteiger partial charge in [0.2, 0.25) is 5.91 Å². The van der Waals surface area contributed by atoms with Crippen molar-refractivity contribution in [1.29, 1.82) is 0 Å². The summed E-state index contributed by atoms with van der Waals surface area (Å²) in [5, 5.41) is 10.3. The fourth-order valence-electron chi connectivity index (χ4n) is 2.65. The Hall–Kier alpha value is -1.39. The van der Waals surface area contributed by atoms with E-state index in [-0.39, 0.29) is 5.91 Å². The SMILES string of the molecule is CCC(=O)N1CCCN(CC(O)c2ccccc2)CC1. The summed E-state index contributed by atoms with van der Waals surface area (Å²) in [6, 6.07) is 9.76. The maximum Gasteiger partial charge on any atom is 0.222 e. The van der Waals surface area contributed by atoms with Crippen LogP contribution in [0.3, 0.4) is 0 Å². The Kier molecular flexibility index (Phi) is 5.56. The highest BCUT2D eigenvalue weighted by atomic mass is 16.3. The van der Waals surface area contributed by atoms with Gasteiger partial charge in [0.05, 0.1) is 6.10 Å². The summed E-state index contributed by atoms with van der Waals surface area (Å²) in [5.41, 5.74) is 0.957. The van der Waals surface area contributed by atoms with Gasteiger partial charge in [0.1, 0.15) is 0 Å². The molecule has 1 aliphatic rings. The number of β-amino-alcohol motifs (C(OH)–C–C–N with tert-alkyl or cyclic N) is 1. The molecule has 1 aromatic rings. The first-order chi connectivity index (χ1) is 9.70. The number of hydrogen-bond acceptors (Lipinski definition) is 3. The van der Waals surface area contributed by atoms with Crippen LogP contribution in [-0.2, 0) is 4.79 Å². The minimum absolute atomic E-state index is 0.232. The van der Waals surface area contributed by atoms with E-state index in [1.54, 1.807) is 0 Å². The Bertz CT molecular complexity index is 422. The van der Waals surface area contributed by atoms with Crippen LogP contribution in [0.5, 0.6) is 0 Å². The third-order valence-corrected chi connectivity index (χ3v) is 3.86. The molecule has 0 bridgehead atoms. The van der Waals surface area contributed by atoms with Crippen molar-refractivity contribution in [2.45, 2.75) is 25.9 Å². The van der Waals surface area contributed by atoms with Crippen molar-refractivity contribution in [3.63, 3.8) is 0 Å². The molecule has 0 saturated carbocycles. The van der Waals surface area contributed by atoms with E-state index in [0.29, 0.717) is 13.0 Å². The first-order valence-corrected chi connectivity index (χ1v) is 7.44. The molecule has 4 heteroatoms. The van der Waals surface area contributed by atoms with Crippen molar-refractivity contribution in [3.8, 4) is 0 Å². The topological polar surface area (TPSA) is 43.8 Å². The summed E-state index contributed by atoms with van der Waals surface area (Å²) in [5.74, 6) is 0.232. The molecule has 0 aliphatic carbocycles. The number of benzene rings is 1. The minimum Gasteiger partial charge on any atom is -0.387 e. The second-order valence-electron chi connectivity index (χ2n) is 5.31.